The van der Waals surface area contributed by atoms with Crippen molar-refractivity contribution in [1.29, 1.82) is 0 Å². The number of hydrogen-bond donors (Lipinski definition) is 2. The number of morpholine rings is 1. The van der Waals surface area contributed by atoms with E-state index in [1.54, 1.807) is 12.4 Å². The van der Waals surface area contributed by atoms with Gasteiger partial charge < -0.3 is 15.0 Å². The van der Waals surface area contributed by atoms with Gasteiger partial charge in [-0.1, -0.05) is 35.9 Å². The van der Waals surface area contributed by atoms with Crippen molar-refractivity contribution < 1.29 is 9.13 Å². The van der Waals surface area contributed by atoms with Crippen LogP contribution in [-0.2, 0) is 11.2 Å². The number of halogens is 2. The van der Waals surface area contributed by atoms with Crippen LogP contribution in [0.4, 0.5) is 27.5 Å². The molecule has 5 rings (SSSR count). The third-order valence-corrected chi connectivity index (χ3v) is 5.96. The summed E-state index contributed by atoms with van der Waals surface area (Å²) in [5.74, 6) is -0.0322. The summed E-state index contributed by atoms with van der Waals surface area (Å²) in [6.45, 7) is 2.23. The molecular weight excluding hydrogens is 493 g/mol. The summed E-state index contributed by atoms with van der Waals surface area (Å²) >= 11 is 6.08. The van der Waals surface area contributed by atoms with Gasteiger partial charge in [-0.2, -0.15) is 10.1 Å². The molecule has 1 aliphatic rings. The zero-order valence-electron chi connectivity index (χ0n) is 19.9. The monoisotopic (exact) mass is 517 g/mol. The summed E-state index contributed by atoms with van der Waals surface area (Å²) in [7, 11) is 0. The summed E-state index contributed by atoms with van der Waals surface area (Å²) in [6.07, 6.45) is 5.24. The lowest BCUT2D eigenvalue weighted by Crippen LogP contribution is -2.37. The SMILES string of the molecule is Fc1cnc(N/N=C\c2ccc(Nc3ccc(Cc4cccc(Cl)c4)cc3)cn2)nc1N1CCOCC1. The molecule has 1 aliphatic heterocycles. The normalized spacial score (nSPS) is 13.6. The number of nitrogens with one attached hydrogen (secondary N) is 2. The van der Waals surface area contributed by atoms with Crippen LogP contribution in [0.5, 0.6) is 0 Å². The molecule has 2 aromatic carbocycles. The molecule has 0 spiro atoms. The fourth-order valence-electron chi connectivity index (χ4n) is 3.88. The maximum atomic E-state index is 14.2. The number of hydrogen-bond acceptors (Lipinski definition) is 8. The average molecular weight is 518 g/mol. The van der Waals surface area contributed by atoms with Gasteiger partial charge in [-0.05, 0) is 53.9 Å². The second-order valence-electron chi connectivity index (χ2n) is 8.43. The van der Waals surface area contributed by atoms with Gasteiger partial charge in [0.2, 0.25) is 5.95 Å². The average Bonchev–Trinajstić information content (AvgIpc) is 2.92. The Morgan fingerprint density at radius 2 is 1.78 bits per heavy atom. The fourth-order valence-corrected chi connectivity index (χ4v) is 4.09. The van der Waals surface area contributed by atoms with E-state index in [0.717, 1.165) is 29.0 Å². The Hall–Kier alpha value is -4.08. The third-order valence-electron chi connectivity index (χ3n) is 5.72. The topological polar surface area (TPSA) is 87.6 Å². The Balaban J connectivity index is 1.15. The maximum absolute atomic E-state index is 14.2. The molecule has 188 valence electrons. The van der Waals surface area contributed by atoms with E-state index in [-0.39, 0.29) is 11.8 Å². The number of anilines is 4. The molecule has 0 amide bonds. The minimum Gasteiger partial charge on any atom is -0.378 e. The molecule has 0 saturated carbocycles. The molecule has 3 heterocycles. The van der Waals surface area contributed by atoms with Crippen molar-refractivity contribution >= 4 is 41.0 Å². The number of nitrogens with zero attached hydrogens (tertiary/aromatic N) is 5. The number of ether oxygens (including phenoxy) is 1. The van der Waals surface area contributed by atoms with Crippen LogP contribution in [0.2, 0.25) is 5.02 Å². The first-order valence-corrected chi connectivity index (χ1v) is 12.2. The van der Waals surface area contributed by atoms with Crippen molar-refractivity contribution in [2.24, 2.45) is 5.10 Å². The van der Waals surface area contributed by atoms with Crippen molar-refractivity contribution in [1.82, 2.24) is 15.0 Å². The second kappa shape index (κ2) is 11.8. The summed E-state index contributed by atoms with van der Waals surface area (Å²) in [4.78, 5) is 14.4. The van der Waals surface area contributed by atoms with Gasteiger partial charge in [0.1, 0.15) is 0 Å². The van der Waals surface area contributed by atoms with Gasteiger partial charge in [0.25, 0.3) is 0 Å². The molecule has 2 N–H and O–H groups in total. The highest BCUT2D eigenvalue weighted by molar-refractivity contribution is 6.30. The van der Waals surface area contributed by atoms with Crippen molar-refractivity contribution in [2.75, 3.05) is 41.9 Å². The van der Waals surface area contributed by atoms with Crippen LogP contribution >= 0.6 is 11.6 Å². The Bertz CT molecular complexity index is 1360. The van der Waals surface area contributed by atoms with E-state index in [9.17, 15) is 4.39 Å². The highest BCUT2D eigenvalue weighted by Crippen LogP contribution is 2.20. The third kappa shape index (κ3) is 6.78. The second-order valence-corrected chi connectivity index (χ2v) is 8.87. The summed E-state index contributed by atoms with van der Waals surface area (Å²) in [5, 5.41) is 8.22. The zero-order chi connectivity index (χ0) is 25.5. The van der Waals surface area contributed by atoms with E-state index in [0.29, 0.717) is 32.0 Å². The van der Waals surface area contributed by atoms with E-state index in [4.69, 9.17) is 16.3 Å². The Morgan fingerprint density at radius 3 is 2.54 bits per heavy atom. The van der Waals surface area contributed by atoms with Crippen LogP contribution in [0.3, 0.4) is 0 Å². The lowest BCUT2D eigenvalue weighted by molar-refractivity contribution is 0.122. The zero-order valence-corrected chi connectivity index (χ0v) is 20.7. The van der Waals surface area contributed by atoms with Gasteiger partial charge in [-0.3, -0.25) is 4.98 Å². The molecule has 1 saturated heterocycles. The fraction of sp³-hybridized carbons (Fsp3) is 0.185. The first-order valence-electron chi connectivity index (χ1n) is 11.8. The van der Waals surface area contributed by atoms with Gasteiger partial charge in [-0.25, -0.2) is 14.8 Å². The minimum absolute atomic E-state index is 0.205. The van der Waals surface area contributed by atoms with Crippen LogP contribution in [0, 0.1) is 5.82 Å². The summed E-state index contributed by atoms with van der Waals surface area (Å²) < 4.78 is 19.5. The highest BCUT2D eigenvalue weighted by Gasteiger charge is 2.17. The molecule has 0 unspecified atom stereocenters. The number of aromatic nitrogens is 3. The molecule has 0 aliphatic carbocycles. The van der Waals surface area contributed by atoms with Crippen molar-refractivity contribution in [3.63, 3.8) is 0 Å². The Kier molecular flexibility index (Phi) is 7.83. The Labute approximate surface area is 219 Å². The van der Waals surface area contributed by atoms with Crippen molar-refractivity contribution in [2.45, 2.75) is 6.42 Å². The first kappa shape index (κ1) is 24.6. The van der Waals surface area contributed by atoms with Gasteiger partial charge in [0.05, 0.1) is 43.2 Å². The van der Waals surface area contributed by atoms with Crippen molar-refractivity contribution in [3.05, 3.63) is 101 Å². The van der Waals surface area contributed by atoms with Crippen LogP contribution in [0.15, 0.2) is 78.2 Å². The molecule has 0 atom stereocenters. The van der Waals surface area contributed by atoms with Gasteiger partial charge in [-0.15, -0.1) is 0 Å². The summed E-state index contributed by atoms with van der Waals surface area (Å²) in [5.41, 5.74) is 7.57. The molecule has 8 nitrogen and oxygen atoms in total. The molecule has 2 aromatic heterocycles. The number of hydrazone groups is 1. The molecule has 0 radical (unpaired) electrons. The van der Waals surface area contributed by atoms with E-state index in [1.165, 1.54) is 11.1 Å². The lowest BCUT2D eigenvalue weighted by atomic mass is 10.0. The van der Waals surface area contributed by atoms with Crippen LogP contribution in [0.1, 0.15) is 16.8 Å². The van der Waals surface area contributed by atoms with Crippen LogP contribution < -0.4 is 15.6 Å². The van der Waals surface area contributed by atoms with Crippen LogP contribution in [0.25, 0.3) is 0 Å². The van der Waals surface area contributed by atoms with E-state index >= 15 is 0 Å². The van der Waals surface area contributed by atoms with Crippen LogP contribution in [-0.4, -0.2) is 47.5 Å². The lowest BCUT2D eigenvalue weighted by Gasteiger charge is -2.27. The van der Waals surface area contributed by atoms with E-state index in [1.807, 2.05) is 47.4 Å². The maximum Gasteiger partial charge on any atom is 0.245 e. The number of pyridine rings is 1. The predicted molar refractivity (Wildman–Crippen MR) is 144 cm³/mol. The summed E-state index contributed by atoms with van der Waals surface area (Å²) in [6, 6.07) is 19.9. The highest BCUT2D eigenvalue weighted by atomic mass is 35.5. The largest absolute Gasteiger partial charge is 0.378 e. The van der Waals surface area contributed by atoms with E-state index < -0.39 is 5.82 Å². The number of rotatable bonds is 8. The van der Waals surface area contributed by atoms with Gasteiger partial charge in [0.15, 0.2) is 11.6 Å². The molecule has 1 fully saturated rings. The van der Waals surface area contributed by atoms with Gasteiger partial charge >= 0.3 is 0 Å². The van der Waals surface area contributed by atoms with Gasteiger partial charge in [0, 0.05) is 23.8 Å². The molecule has 37 heavy (non-hydrogen) atoms. The molecule has 10 heteroatoms. The predicted octanol–water partition coefficient (Wildman–Crippen LogP) is 5.28. The molecule has 0 bridgehead atoms. The number of benzene rings is 2. The van der Waals surface area contributed by atoms with E-state index in [2.05, 4.69) is 49.0 Å². The standard InChI is InChI=1S/C27H25ClFN7O/c28-21-3-1-2-20(15-21)14-19-4-6-22(7-5-19)33-24-9-8-23(30-16-24)17-32-35-27-31-18-25(29)26(34-27)36-10-12-37-13-11-36/h1-9,15-18,33H,10-14H2,(H,31,34,35)/b32-17-. The minimum atomic E-state index is -0.475. The van der Waals surface area contributed by atoms with Crippen molar-refractivity contribution in [3.8, 4) is 0 Å². The first-order chi connectivity index (χ1) is 18.1. The molecule has 4 aromatic rings. The molecular formula is C27H25ClFN7O. The quantitative estimate of drug-likeness (QED) is 0.243. The smallest absolute Gasteiger partial charge is 0.245 e. The Morgan fingerprint density at radius 1 is 0.973 bits per heavy atom.